The van der Waals surface area contributed by atoms with Gasteiger partial charge in [0.05, 0.1) is 6.04 Å². The van der Waals surface area contributed by atoms with E-state index in [9.17, 15) is 4.79 Å². The number of fused-ring (bicyclic) bond motifs is 1. The van der Waals surface area contributed by atoms with Gasteiger partial charge in [-0.2, -0.15) is 0 Å². The number of anilines is 2. The molecule has 0 bridgehead atoms. The van der Waals surface area contributed by atoms with E-state index >= 15 is 0 Å². The van der Waals surface area contributed by atoms with Crippen molar-refractivity contribution in [3.05, 3.63) is 66.6 Å². The maximum atomic E-state index is 12.5. The molecule has 9 nitrogen and oxygen atoms in total. The average Bonchev–Trinajstić information content (AvgIpc) is 3.21. The largest absolute Gasteiger partial charge is 0.382 e. The van der Waals surface area contributed by atoms with Crippen molar-refractivity contribution in [3.63, 3.8) is 0 Å². The molecule has 1 amide bonds. The summed E-state index contributed by atoms with van der Waals surface area (Å²) in [6.07, 6.45) is 9.93. The van der Waals surface area contributed by atoms with Gasteiger partial charge in [0.2, 0.25) is 0 Å². The number of imidazole rings is 1. The molecular formula is C22H22N8O. The molecule has 1 aliphatic heterocycles. The number of piperidine rings is 1. The Morgan fingerprint density at radius 2 is 2.00 bits per heavy atom. The number of carbonyl (C=O) groups is 1. The van der Waals surface area contributed by atoms with Crippen LogP contribution in [-0.4, -0.2) is 36.8 Å². The van der Waals surface area contributed by atoms with Crippen molar-refractivity contribution in [1.29, 1.82) is 0 Å². The number of nitrogens with two attached hydrogens (primary N) is 1. The van der Waals surface area contributed by atoms with Gasteiger partial charge in [-0.15, -0.1) is 0 Å². The van der Waals surface area contributed by atoms with Gasteiger partial charge in [-0.3, -0.25) is 9.20 Å². The van der Waals surface area contributed by atoms with Gasteiger partial charge in [0.25, 0.3) is 5.91 Å². The monoisotopic (exact) mass is 414 g/mol. The molecule has 1 aliphatic rings. The first kappa shape index (κ1) is 19.1. The van der Waals surface area contributed by atoms with Gasteiger partial charge < -0.3 is 16.4 Å². The van der Waals surface area contributed by atoms with E-state index in [0.717, 1.165) is 35.6 Å². The van der Waals surface area contributed by atoms with Crippen molar-refractivity contribution < 1.29 is 4.79 Å². The zero-order valence-corrected chi connectivity index (χ0v) is 16.8. The Morgan fingerprint density at radius 3 is 2.74 bits per heavy atom. The van der Waals surface area contributed by atoms with E-state index in [1.807, 2.05) is 22.7 Å². The third kappa shape index (κ3) is 3.71. The summed E-state index contributed by atoms with van der Waals surface area (Å²) in [7, 11) is 0. The molecule has 4 heterocycles. The minimum Gasteiger partial charge on any atom is -0.382 e. The van der Waals surface area contributed by atoms with E-state index in [-0.39, 0.29) is 11.9 Å². The minimum absolute atomic E-state index is 0.176. The summed E-state index contributed by atoms with van der Waals surface area (Å²) in [5.41, 5.74) is 9.17. The predicted octanol–water partition coefficient (Wildman–Crippen LogP) is 2.84. The summed E-state index contributed by atoms with van der Waals surface area (Å²) in [6.45, 7) is 0.978. The topological polar surface area (TPSA) is 123 Å². The van der Waals surface area contributed by atoms with E-state index < -0.39 is 0 Å². The Kier molecular flexibility index (Phi) is 5.01. The molecule has 4 aromatic rings. The Labute approximate surface area is 178 Å². The van der Waals surface area contributed by atoms with Crippen LogP contribution in [0.25, 0.3) is 16.8 Å². The lowest BCUT2D eigenvalue weighted by molar-refractivity contribution is 0.102. The summed E-state index contributed by atoms with van der Waals surface area (Å²) in [4.78, 5) is 29.6. The van der Waals surface area contributed by atoms with Crippen molar-refractivity contribution in [2.75, 3.05) is 17.6 Å². The number of carbonyl (C=O) groups excluding carboxylic acids is 1. The second-order valence-electron chi connectivity index (χ2n) is 7.48. The molecule has 1 aromatic carbocycles. The molecule has 0 spiro atoms. The molecule has 1 saturated heterocycles. The third-order valence-corrected chi connectivity index (χ3v) is 5.48. The number of aromatic nitrogens is 5. The van der Waals surface area contributed by atoms with Gasteiger partial charge in [-0.1, -0.05) is 18.6 Å². The number of nitrogen functional groups attached to an aromatic ring is 1. The molecule has 0 saturated carbocycles. The van der Waals surface area contributed by atoms with Crippen molar-refractivity contribution in [3.8, 4) is 11.3 Å². The molecule has 31 heavy (non-hydrogen) atoms. The number of hydrogen-bond acceptors (Lipinski definition) is 7. The maximum absolute atomic E-state index is 12.5. The number of amides is 1. The predicted molar refractivity (Wildman–Crippen MR) is 117 cm³/mol. The van der Waals surface area contributed by atoms with Gasteiger partial charge in [0, 0.05) is 29.7 Å². The summed E-state index contributed by atoms with van der Waals surface area (Å²) in [5.74, 6) is 1.57. The van der Waals surface area contributed by atoms with Crippen LogP contribution in [0.4, 0.5) is 11.6 Å². The molecule has 9 heteroatoms. The first-order valence-electron chi connectivity index (χ1n) is 10.2. The molecule has 0 radical (unpaired) electrons. The van der Waals surface area contributed by atoms with Crippen LogP contribution in [0.15, 0.2) is 55.2 Å². The molecule has 0 unspecified atom stereocenters. The number of nitrogens with one attached hydrogen (secondary N) is 2. The van der Waals surface area contributed by atoms with Crippen LogP contribution < -0.4 is 16.4 Å². The molecule has 5 rings (SSSR count). The fraction of sp³-hybridized carbons (Fsp3) is 0.227. The second-order valence-corrected chi connectivity index (χ2v) is 7.48. The summed E-state index contributed by atoms with van der Waals surface area (Å²) < 4.78 is 2.02. The van der Waals surface area contributed by atoms with E-state index in [0.29, 0.717) is 17.2 Å². The lowest BCUT2D eigenvalue weighted by Gasteiger charge is -2.22. The Bertz CT molecular complexity index is 1210. The summed E-state index contributed by atoms with van der Waals surface area (Å²) in [5, 5.41) is 6.31. The van der Waals surface area contributed by atoms with Gasteiger partial charge in [-0.25, -0.2) is 19.9 Å². The van der Waals surface area contributed by atoms with Crippen LogP contribution in [0, 0.1) is 0 Å². The van der Waals surface area contributed by atoms with Crippen LogP contribution in [-0.2, 0) is 0 Å². The van der Waals surface area contributed by atoms with E-state index in [1.54, 1.807) is 30.6 Å². The highest BCUT2D eigenvalue weighted by Crippen LogP contribution is 2.32. The van der Waals surface area contributed by atoms with E-state index in [1.165, 1.54) is 19.2 Å². The molecular weight excluding hydrogens is 392 g/mol. The van der Waals surface area contributed by atoms with E-state index in [4.69, 9.17) is 10.7 Å². The van der Waals surface area contributed by atoms with Crippen LogP contribution in [0.1, 0.15) is 41.5 Å². The lowest BCUT2D eigenvalue weighted by atomic mass is 10.0. The average molecular weight is 414 g/mol. The third-order valence-electron chi connectivity index (χ3n) is 5.48. The van der Waals surface area contributed by atoms with Gasteiger partial charge in [-0.05, 0) is 37.6 Å². The summed E-state index contributed by atoms with van der Waals surface area (Å²) >= 11 is 0. The van der Waals surface area contributed by atoms with E-state index in [2.05, 4.69) is 25.6 Å². The van der Waals surface area contributed by atoms with Crippen molar-refractivity contribution in [1.82, 2.24) is 29.7 Å². The highest BCUT2D eigenvalue weighted by Gasteiger charge is 2.23. The quantitative estimate of drug-likeness (QED) is 0.469. The van der Waals surface area contributed by atoms with Crippen molar-refractivity contribution in [2.24, 2.45) is 0 Å². The molecule has 1 fully saturated rings. The van der Waals surface area contributed by atoms with Gasteiger partial charge in [0.1, 0.15) is 35.0 Å². The SMILES string of the molecule is Nc1nccn2c([C@@H]3CCCCN3)nc(-c3ccc(C(=O)Nc4ccncn4)cc3)c12. The second kappa shape index (κ2) is 8.11. The van der Waals surface area contributed by atoms with Crippen LogP contribution >= 0.6 is 0 Å². The normalized spacial score (nSPS) is 16.3. The van der Waals surface area contributed by atoms with Crippen LogP contribution in [0.3, 0.4) is 0 Å². The molecule has 1 atom stereocenters. The first-order valence-corrected chi connectivity index (χ1v) is 10.2. The minimum atomic E-state index is -0.242. The zero-order chi connectivity index (χ0) is 21.2. The highest BCUT2D eigenvalue weighted by atomic mass is 16.1. The standard InChI is InChI=1S/C22H22N8O/c23-20-19-18(29-21(30(19)12-11-26-20)16-3-1-2-9-25-16)14-4-6-15(7-5-14)22(31)28-17-8-10-24-13-27-17/h4-8,10-13,16,25H,1-3,9H2,(H2,23,26)(H,24,27,28,31)/t16-/m0/s1. The van der Waals surface area contributed by atoms with Gasteiger partial charge in [0.15, 0.2) is 0 Å². The zero-order valence-electron chi connectivity index (χ0n) is 16.8. The lowest BCUT2D eigenvalue weighted by Crippen LogP contribution is -2.28. The highest BCUT2D eigenvalue weighted by molar-refractivity contribution is 6.04. The smallest absolute Gasteiger partial charge is 0.256 e. The molecule has 0 aliphatic carbocycles. The number of benzene rings is 1. The fourth-order valence-corrected chi connectivity index (χ4v) is 3.94. The number of hydrogen-bond donors (Lipinski definition) is 3. The number of rotatable bonds is 4. The van der Waals surface area contributed by atoms with Crippen molar-refractivity contribution in [2.45, 2.75) is 25.3 Å². The molecule has 156 valence electrons. The first-order chi connectivity index (χ1) is 15.2. The maximum Gasteiger partial charge on any atom is 0.256 e. The Hall–Kier alpha value is -3.85. The molecule has 4 N–H and O–H groups in total. The molecule has 3 aromatic heterocycles. The van der Waals surface area contributed by atoms with Crippen molar-refractivity contribution >= 4 is 23.1 Å². The fourth-order valence-electron chi connectivity index (χ4n) is 3.94. The summed E-state index contributed by atoms with van der Waals surface area (Å²) in [6, 6.07) is 9.10. The number of nitrogens with zero attached hydrogens (tertiary/aromatic N) is 5. The Morgan fingerprint density at radius 1 is 1.13 bits per heavy atom. The Balaban J connectivity index is 1.48. The van der Waals surface area contributed by atoms with Crippen LogP contribution in [0.5, 0.6) is 0 Å². The van der Waals surface area contributed by atoms with Gasteiger partial charge >= 0.3 is 0 Å². The van der Waals surface area contributed by atoms with Crippen LogP contribution in [0.2, 0.25) is 0 Å².